The van der Waals surface area contributed by atoms with Crippen molar-refractivity contribution in [1.29, 1.82) is 0 Å². The number of halogens is 4. The Morgan fingerprint density at radius 2 is 1.74 bits per heavy atom. The second-order valence-electron chi connectivity index (χ2n) is 8.36. The van der Waals surface area contributed by atoms with Crippen LogP contribution in [0, 0.1) is 0 Å². The monoisotopic (exact) mass is 560 g/mol. The van der Waals surface area contributed by atoms with Gasteiger partial charge in [-0.15, -0.1) is 11.8 Å². The van der Waals surface area contributed by atoms with Crippen molar-refractivity contribution in [1.82, 2.24) is 10.2 Å². The Hall–Kier alpha value is -1.11. The first-order valence-electron chi connectivity index (χ1n) is 11.3. The van der Waals surface area contributed by atoms with Crippen LogP contribution in [0.15, 0.2) is 36.4 Å². The van der Waals surface area contributed by atoms with Crippen molar-refractivity contribution in [3.05, 3.63) is 67.6 Å². The Kier molecular flexibility index (Phi) is 10.7. The summed E-state index contributed by atoms with van der Waals surface area (Å²) in [6.07, 6.45) is 4.69. The molecule has 1 atom stereocenters. The van der Waals surface area contributed by atoms with Crippen molar-refractivity contribution >= 4 is 70.0 Å². The summed E-state index contributed by atoms with van der Waals surface area (Å²) in [5, 5.41) is 5.26. The molecule has 184 valence electrons. The van der Waals surface area contributed by atoms with Gasteiger partial charge in [-0.2, -0.15) is 0 Å². The third-order valence-corrected chi connectivity index (χ3v) is 8.22. The molecule has 34 heavy (non-hydrogen) atoms. The second kappa shape index (κ2) is 13.3. The summed E-state index contributed by atoms with van der Waals surface area (Å²) in [7, 11) is 0. The molecular formula is C25H28Cl4N2O2S. The highest BCUT2D eigenvalue weighted by Crippen LogP contribution is 2.29. The van der Waals surface area contributed by atoms with Crippen LogP contribution in [0.25, 0.3) is 0 Å². The van der Waals surface area contributed by atoms with Gasteiger partial charge in [-0.25, -0.2) is 0 Å². The maximum atomic E-state index is 13.4. The Morgan fingerprint density at radius 3 is 2.35 bits per heavy atom. The lowest BCUT2D eigenvalue weighted by Crippen LogP contribution is -2.51. The van der Waals surface area contributed by atoms with E-state index >= 15 is 0 Å². The Labute approximate surface area is 225 Å². The first-order chi connectivity index (χ1) is 16.3. The minimum Gasteiger partial charge on any atom is -0.352 e. The topological polar surface area (TPSA) is 49.4 Å². The van der Waals surface area contributed by atoms with Gasteiger partial charge in [0.1, 0.15) is 6.04 Å². The minimum atomic E-state index is -0.593. The van der Waals surface area contributed by atoms with Crippen LogP contribution in [0.1, 0.15) is 50.2 Å². The van der Waals surface area contributed by atoms with Crippen molar-refractivity contribution in [2.24, 2.45) is 0 Å². The number of thioether (sulfide) groups is 1. The number of amides is 2. The van der Waals surface area contributed by atoms with Gasteiger partial charge in [-0.05, 0) is 54.7 Å². The molecule has 4 nitrogen and oxygen atoms in total. The van der Waals surface area contributed by atoms with Gasteiger partial charge in [0.25, 0.3) is 0 Å². The lowest BCUT2D eigenvalue weighted by Gasteiger charge is -2.31. The zero-order chi connectivity index (χ0) is 24.7. The van der Waals surface area contributed by atoms with E-state index < -0.39 is 6.04 Å². The molecule has 0 unspecified atom stereocenters. The van der Waals surface area contributed by atoms with Crippen molar-refractivity contribution in [2.45, 2.75) is 63.4 Å². The van der Waals surface area contributed by atoms with Gasteiger partial charge in [0.05, 0.1) is 5.75 Å². The number of hydrogen-bond donors (Lipinski definition) is 1. The number of rotatable bonds is 10. The average molecular weight is 562 g/mol. The maximum Gasteiger partial charge on any atom is 0.243 e. The fourth-order valence-corrected chi connectivity index (χ4v) is 6.23. The summed E-state index contributed by atoms with van der Waals surface area (Å²) in [4.78, 5) is 28.2. The van der Waals surface area contributed by atoms with E-state index in [9.17, 15) is 9.59 Å². The van der Waals surface area contributed by atoms with E-state index in [0.717, 1.165) is 36.8 Å². The lowest BCUT2D eigenvalue weighted by molar-refractivity contribution is -0.139. The van der Waals surface area contributed by atoms with E-state index in [0.29, 0.717) is 32.3 Å². The zero-order valence-electron chi connectivity index (χ0n) is 19.0. The van der Waals surface area contributed by atoms with Crippen LogP contribution in [-0.4, -0.2) is 34.6 Å². The molecule has 2 aromatic carbocycles. The Morgan fingerprint density at radius 1 is 1.06 bits per heavy atom. The van der Waals surface area contributed by atoms with Crippen molar-refractivity contribution in [3.8, 4) is 0 Å². The summed E-state index contributed by atoms with van der Waals surface area (Å²) in [6.45, 7) is 2.14. The predicted molar refractivity (Wildman–Crippen MR) is 144 cm³/mol. The van der Waals surface area contributed by atoms with Gasteiger partial charge in [0.15, 0.2) is 0 Å². The fourth-order valence-electron chi connectivity index (χ4n) is 4.11. The van der Waals surface area contributed by atoms with Gasteiger partial charge in [0, 0.05) is 38.4 Å². The Balaban J connectivity index is 1.76. The fraction of sp³-hybridized carbons (Fsp3) is 0.440. The van der Waals surface area contributed by atoms with Gasteiger partial charge in [-0.3, -0.25) is 9.59 Å². The third kappa shape index (κ3) is 7.44. The molecule has 2 aromatic rings. The molecule has 0 bridgehead atoms. The van der Waals surface area contributed by atoms with Crippen LogP contribution in [0.3, 0.4) is 0 Å². The molecule has 0 aliphatic heterocycles. The molecule has 0 spiro atoms. The van der Waals surface area contributed by atoms with Crippen molar-refractivity contribution < 1.29 is 9.59 Å². The molecule has 9 heteroatoms. The Bertz CT molecular complexity index is 994. The molecule has 1 fully saturated rings. The highest BCUT2D eigenvalue weighted by molar-refractivity contribution is 7.99. The van der Waals surface area contributed by atoms with Gasteiger partial charge < -0.3 is 10.2 Å². The van der Waals surface area contributed by atoms with Crippen LogP contribution in [0.5, 0.6) is 0 Å². The highest BCUT2D eigenvalue weighted by Gasteiger charge is 2.31. The SMILES string of the molecule is CC[C@H](C(=O)NC1CCCC1)N(Cc1ccc(Cl)cc1Cl)C(=O)CSCc1c(Cl)cccc1Cl. The van der Waals surface area contributed by atoms with E-state index in [2.05, 4.69) is 5.32 Å². The normalized spacial score (nSPS) is 14.7. The quantitative estimate of drug-likeness (QED) is 0.329. The van der Waals surface area contributed by atoms with Crippen LogP contribution in [0.4, 0.5) is 0 Å². The molecule has 0 aromatic heterocycles. The number of hydrogen-bond acceptors (Lipinski definition) is 3. The molecular weight excluding hydrogens is 534 g/mol. The largest absolute Gasteiger partial charge is 0.352 e. The zero-order valence-corrected chi connectivity index (χ0v) is 22.8. The summed E-state index contributed by atoms with van der Waals surface area (Å²) >= 11 is 26.4. The van der Waals surface area contributed by atoms with E-state index in [4.69, 9.17) is 46.4 Å². The summed E-state index contributed by atoms with van der Waals surface area (Å²) in [5.74, 6) is 0.407. The molecule has 0 heterocycles. The maximum absolute atomic E-state index is 13.4. The summed E-state index contributed by atoms with van der Waals surface area (Å²) in [6, 6.07) is 10.1. The van der Waals surface area contributed by atoms with E-state index in [1.165, 1.54) is 11.8 Å². The number of nitrogens with one attached hydrogen (secondary N) is 1. The molecule has 1 N–H and O–H groups in total. The first kappa shape index (κ1) is 27.5. The van der Waals surface area contributed by atoms with Crippen LogP contribution in [-0.2, 0) is 21.9 Å². The van der Waals surface area contributed by atoms with Crippen LogP contribution < -0.4 is 5.32 Å². The molecule has 2 amide bonds. The number of carbonyl (C=O) groups is 2. The second-order valence-corrected chi connectivity index (χ2v) is 11.0. The molecule has 0 radical (unpaired) electrons. The first-order valence-corrected chi connectivity index (χ1v) is 14.0. The smallest absolute Gasteiger partial charge is 0.243 e. The van der Waals surface area contributed by atoms with Crippen molar-refractivity contribution in [3.63, 3.8) is 0 Å². The molecule has 0 saturated heterocycles. The lowest BCUT2D eigenvalue weighted by atomic mass is 10.1. The van der Waals surface area contributed by atoms with Gasteiger partial charge in [-0.1, -0.05) is 78.3 Å². The standard InChI is InChI=1S/C25H28Cl4N2O2S/c1-2-23(25(33)30-18-6-3-4-7-18)31(13-16-10-11-17(26)12-22(16)29)24(32)15-34-14-19-20(27)8-5-9-21(19)28/h5,8-12,18,23H,2-4,6-7,13-15H2,1H3,(H,30,33)/t23-/m1/s1. The van der Waals surface area contributed by atoms with E-state index in [1.54, 1.807) is 41.3 Å². The number of benzene rings is 2. The van der Waals surface area contributed by atoms with Crippen LogP contribution >= 0.6 is 58.2 Å². The molecule has 1 aliphatic carbocycles. The molecule has 3 rings (SSSR count). The summed E-state index contributed by atoms with van der Waals surface area (Å²) < 4.78 is 0. The minimum absolute atomic E-state index is 0.119. The van der Waals surface area contributed by atoms with Gasteiger partial charge in [0.2, 0.25) is 11.8 Å². The highest BCUT2D eigenvalue weighted by atomic mass is 35.5. The number of nitrogens with zero attached hydrogens (tertiary/aromatic N) is 1. The van der Waals surface area contributed by atoms with Gasteiger partial charge >= 0.3 is 0 Å². The average Bonchev–Trinajstić information content (AvgIpc) is 3.30. The predicted octanol–water partition coefficient (Wildman–Crippen LogP) is 7.40. The van der Waals surface area contributed by atoms with E-state index in [-0.39, 0.29) is 30.2 Å². The summed E-state index contributed by atoms with van der Waals surface area (Å²) in [5.41, 5.74) is 1.53. The molecule has 1 aliphatic rings. The van der Waals surface area contributed by atoms with Crippen LogP contribution in [0.2, 0.25) is 20.1 Å². The number of carbonyl (C=O) groups excluding carboxylic acids is 2. The van der Waals surface area contributed by atoms with Crippen molar-refractivity contribution in [2.75, 3.05) is 5.75 Å². The van der Waals surface area contributed by atoms with E-state index in [1.807, 2.05) is 6.92 Å². The molecule has 1 saturated carbocycles. The third-order valence-electron chi connectivity index (χ3n) is 5.98.